The molecule has 0 spiro atoms. The molecule has 0 radical (unpaired) electrons. The van der Waals surface area contributed by atoms with Gasteiger partial charge < -0.3 is 34.7 Å². The molecule has 0 unspecified atom stereocenters. The molecule has 1 saturated heterocycles. The van der Waals surface area contributed by atoms with Crippen molar-refractivity contribution in [3.05, 3.63) is 39.7 Å². The second kappa shape index (κ2) is 7.95. The van der Waals surface area contributed by atoms with E-state index in [1.54, 1.807) is 13.0 Å². The lowest BCUT2D eigenvalue weighted by Crippen LogP contribution is -2.58. The molecule has 8 nitrogen and oxygen atoms in total. The first kappa shape index (κ1) is 19.8. The topological polar surface area (TPSA) is 141 Å². The molecule has 1 aliphatic rings. The zero-order valence-electron chi connectivity index (χ0n) is 14.9. The second-order valence-electron chi connectivity index (χ2n) is 6.96. The summed E-state index contributed by atoms with van der Waals surface area (Å²) in [5.74, 6) is 0.465. The van der Waals surface area contributed by atoms with Gasteiger partial charge in [0.15, 0.2) is 5.43 Å². The van der Waals surface area contributed by atoms with E-state index in [-0.39, 0.29) is 11.2 Å². The molecule has 3 rings (SSSR count). The molecule has 2 heterocycles. The van der Waals surface area contributed by atoms with Gasteiger partial charge in [-0.05, 0) is 37.8 Å². The van der Waals surface area contributed by atoms with E-state index in [9.17, 15) is 30.3 Å². The first-order chi connectivity index (χ1) is 12.8. The van der Waals surface area contributed by atoms with E-state index in [4.69, 9.17) is 9.15 Å². The average Bonchev–Trinajstić information content (AvgIpc) is 2.62. The molecule has 1 aromatic heterocycles. The van der Waals surface area contributed by atoms with Gasteiger partial charge in [0, 0.05) is 12.1 Å². The van der Waals surface area contributed by atoms with Crippen molar-refractivity contribution in [3.63, 3.8) is 0 Å². The summed E-state index contributed by atoms with van der Waals surface area (Å²) in [7, 11) is 0. The molecule has 0 amide bonds. The number of ether oxygens (including phenoxy) is 1. The van der Waals surface area contributed by atoms with Gasteiger partial charge >= 0.3 is 0 Å². The predicted molar refractivity (Wildman–Crippen MR) is 95.6 cm³/mol. The minimum atomic E-state index is -1.40. The number of aliphatic hydroxyl groups excluding tert-OH is 4. The molecule has 5 atom stereocenters. The number of phenolic OH excluding ortho intramolecular Hbond substituents is 1. The predicted octanol–water partition coefficient (Wildman–Crippen LogP) is -0.0279. The number of hydrogen-bond acceptors (Lipinski definition) is 8. The maximum Gasteiger partial charge on any atom is 0.192 e. The smallest absolute Gasteiger partial charge is 0.192 e. The molecular formula is C19H24O8. The van der Waals surface area contributed by atoms with Crippen LogP contribution in [0.3, 0.4) is 0 Å². The van der Waals surface area contributed by atoms with Crippen LogP contribution in [0.15, 0.2) is 27.4 Å². The third-order valence-electron chi connectivity index (χ3n) is 4.98. The number of benzene rings is 1. The van der Waals surface area contributed by atoms with Crippen LogP contribution in [-0.4, -0.2) is 62.7 Å². The van der Waals surface area contributed by atoms with Gasteiger partial charge in [-0.25, -0.2) is 0 Å². The maximum absolute atomic E-state index is 12.1. The minimum absolute atomic E-state index is 0.00468. The molecule has 1 aliphatic heterocycles. The lowest BCUT2D eigenvalue weighted by molar-refractivity contribution is -0.230. The molecule has 1 aromatic carbocycles. The van der Waals surface area contributed by atoms with Crippen LogP contribution in [0.2, 0.25) is 0 Å². The molecule has 148 valence electrons. The Morgan fingerprint density at radius 2 is 1.74 bits per heavy atom. The van der Waals surface area contributed by atoms with Gasteiger partial charge in [-0.2, -0.15) is 0 Å². The third-order valence-corrected chi connectivity index (χ3v) is 4.98. The van der Waals surface area contributed by atoms with Crippen molar-refractivity contribution in [2.24, 2.45) is 0 Å². The molecule has 0 saturated carbocycles. The van der Waals surface area contributed by atoms with Crippen molar-refractivity contribution < 1.29 is 34.7 Å². The fourth-order valence-electron chi connectivity index (χ4n) is 3.47. The molecule has 5 N–H and O–H groups in total. The fraction of sp³-hybridized carbons (Fsp3) is 0.526. The largest absolute Gasteiger partial charge is 0.508 e. The highest BCUT2D eigenvalue weighted by atomic mass is 16.5. The van der Waals surface area contributed by atoms with Crippen LogP contribution in [0.25, 0.3) is 11.0 Å². The number of aromatic hydroxyl groups is 1. The van der Waals surface area contributed by atoms with Crippen LogP contribution in [0.5, 0.6) is 5.75 Å². The first-order valence-electron chi connectivity index (χ1n) is 8.88. The third kappa shape index (κ3) is 3.99. The van der Waals surface area contributed by atoms with Crippen molar-refractivity contribution in [3.8, 4) is 5.75 Å². The molecule has 8 heteroatoms. The Bertz CT molecular complexity index is 859. The highest BCUT2D eigenvalue weighted by Gasteiger charge is 2.42. The van der Waals surface area contributed by atoms with Gasteiger partial charge in [-0.15, -0.1) is 0 Å². The van der Waals surface area contributed by atoms with E-state index in [1.807, 2.05) is 0 Å². The summed E-state index contributed by atoms with van der Waals surface area (Å²) in [5.41, 5.74) is 0.683. The number of hydrogen-bond donors (Lipinski definition) is 5. The zero-order valence-corrected chi connectivity index (χ0v) is 14.9. The highest BCUT2D eigenvalue weighted by Crippen LogP contribution is 2.28. The van der Waals surface area contributed by atoms with Crippen molar-refractivity contribution in [1.82, 2.24) is 0 Å². The van der Waals surface area contributed by atoms with Crippen LogP contribution in [0, 0.1) is 6.92 Å². The SMILES string of the molecule is Cc1cc(=O)c2cc(CCC[C@@H]3O[C@H](CO)[C@H](O)[C@H](O)[C@H]3O)c(O)cc2o1. The summed E-state index contributed by atoms with van der Waals surface area (Å²) in [6.07, 6.45) is -4.52. The van der Waals surface area contributed by atoms with Gasteiger partial charge in [-0.1, -0.05) is 0 Å². The van der Waals surface area contributed by atoms with Crippen molar-refractivity contribution >= 4 is 11.0 Å². The van der Waals surface area contributed by atoms with E-state index < -0.39 is 37.1 Å². The number of aryl methyl sites for hydroxylation is 2. The Hall–Kier alpha value is -1.97. The summed E-state index contributed by atoms with van der Waals surface area (Å²) in [6.45, 7) is 1.19. The van der Waals surface area contributed by atoms with Crippen LogP contribution in [0.1, 0.15) is 24.2 Å². The van der Waals surface area contributed by atoms with E-state index >= 15 is 0 Å². The maximum atomic E-state index is 12.1. The minimum Gasteiger partial charge on any atom is -0.508 e. The van der Waals surface area contributed by atoms with Crippen molar-refractivity contribution in [2.45, 2.75) is 56.7 Å². The number of aliphatic hydroxyl groups is 4. The average molecular weight is 380 g/mol. The van der Waals surface area contributed by atoms with Gasteiger partial charge in [0.2, 0.25) is 0 Å². The number of fused-ring (bicyclic) bond motifs is 1. The van der Waals surface area contributed by atoms with Gasteiger partial charge in [-0.3, -0.25) is 4.79 Å². The van der Waals surface area contributed by atoms with Gasteiger partial charge in [0.05, 0.1) is 18.1 Å². The summed E-state index contributed by atoms with van der Waals surface area (Å²) in [6, 6.07) is 4.38. The lowest BCUT2D eigenvalue weighted by Gasteiger charge is -2.40. The first-order valence-corrected chi connectivity index (χ1v) is 8.88. The van der Waals surface area contributed by atoms with Crippen LogP contribution in [-0.2, 0) is 11.2 Å². The quantitative estimate of drug-likeness (QED) is 0.487. The Morgan fingerprint density at radius 3 is 2.44 bits per heavy atom. The van der Waals surface area contributed by atoms with Crippen molar-refractivity contribution in [2.75, 3.05) is 6.61 Å². The normalized spacial score (nSPS) is 28.6. The Morgan fingerprint density at radius 1 is 1.04 bits per heavy atom. The second-order valence-corrected chi connectivity index (χ2v) is 6.96. The lowest BCUT2D eigenvalue weighted by atomic mass is 9.92. The summed E-state index contributed by atoms with van der Waals surface area (Å²) in [5, 5.41) is 49.5. The standard InChI is InChI=1S/C19H24O8/c1-9-5-13(22)11-6-10(12(21)7-15(11)26-9)3-2-4-14-17(23)19(25)18(24)16(8-20)27-14/h5-7,14,16-21,23-25H,2-4,8H2,1H3/t14-,16+,17-,18-,19+/m0/s1. The summed E-state index contributed by atoms with van der Waals surface area (Å²) >= 11 is 0. The van der Waals surface area contributed by atoms with E-state index in [0.717, 1.165) is 0 Å². The van der Waals surface area contributed by atoms with Crippen molar-refractivity contribution in [1.29, 1.82) is 0 Å². The Kier molecular flexibility index (Phi) is 5.83. The molecule has 27 heavy (non-hydrogen) atoms. The zero-order chi connectivity index (χ0) is 19.7. The van der Waals surface area contributed by atoms with E-state index in [2.05, 4.69) is 0 Å². The molecule has 0 bridgehead atoms. The summed E-state index contributed by atoms with van der Waals surface area (Å²) in [4.78, 5) is 12.1. The van der Waals surface area contributed by atoms with Gasteiger partial charge in [0.1, 0.15) is 41.5 Å². The van der Waals surface area contributed by atoms with E-state index in [0.29, 0.717) is 41.6 Å². The molecule has 2 aromatic rings. The Balaban J connectivity index is 1.70. The highest BCUT2D eigenvalue weighted by molar-refractivity contribution is 5.79. The van der Waals surface area contributed by atoms with Crippen LogP contribution < -0.4 is 5.43 Å². The van der Waals surface area contributed by atoms with E-state index in [1.165, 1.54) is 12.1 Å². The summed E-state index contributed by atoms with van der Waals surface area (Å²) < 4.78 is 10.9. The van der Waals surface area contributed by atoms with Gasteiger partial charge in [0.25, 0.3) is 0 Å². The molecule has 1 fully saturated rings. The monoisotopic (exact) mass is 380 g/mol. The Labute approximate surface area is 155 Å². The molecule has 0 aliphatic carbocycles. The number of phenols is 1. The fourth-order valence-corrected chi connectivity index (χ4v) is 3.47. The number of rotatable bonds is 5. The van der Waals surface area contributed by atoms with Crippen LogP contribution in [0.4, 0.5) is 0 Å². The molecular weight excluding hydrogens is 356 g/mol. The van der Waals surface area contributed by atoms with Crippen LogP contribution >= 0.6 is 0 Å².